The molecule has 15 heavy (non-hydrogen) atoms. The molecule has 0 spiro atoms. The molecular weight excluding hydrogens is 270 g/mol. The third kappa shape index (κ3) is 3.23. The van der Waals surface area contributed by atoms with Crippen molar-refractivity contribution in [3.63, 3.8) is 0 Å². The molecule has 0 bridgehead atoms. The number of anilines is 1. The fraction of sp³-hybridized carbons (Fsp3) is 0.333. The van der Waals surface area contributed by atoms with Crippen molar-refractivity contribution in [2.24, 2.45) is 0 Å². The van der Waals surface area contributed by atoms with Crippen LogP contribution in [0, 0.1) is 6.92 Å². The van der Waals surface area contributed by atoms with E-state index in [2.05, 4.69) is 20.9 Å². The van der Waals surface area contributed by atoms with E-state index < -0.39 is 11.8 Å². The summed E-state index contributed by atoms with van der Waals surface area (Å²) in [5.74, 6) is -4.65. The monoisotopic (exact) mass is 278 g/mol. The SMILES string of the molecule is Cc1cc(NC(=O)C(C)(F)F)ncc1Br. The maximum Gasteiger partial charge on any atom is 0.322 e. The highest BCUT2D eigenvalue weighted by Crippen LogP contribution is 2.19. The summed E-state index contributed by atoms with van der Waals surface area (Å²) < 4.78 is 25.8. The summed E-state index contributed by atoms with van der Waals surface area (Å²) in [6.07, 6.45) is 1.44. The summed E-state index contributed by atoms with van der Waals surface area (Å²) in [5.41, 5.74) is 0.805. The van der Waals surface area contributed by atoms with E-state index in [0.29, 0.717) is 6.92 Å². The molecule has 1 N–H and O–H groups in total. The van der Waals surface area contributed by atoms with E-state index in [1.165, 1.54) is 12.3 Å². The van der Waals surface area contributed by atoms with Gasteiger partial charge in [-0.25, -0.2) is 4.98 Å². The van der Waals surface area contributed by atoms with Crippen molar-refractivity contribution >= 4 is 27.7 Å². The molecule has 0 aliphatic heterocycles. The van der Waals surface area contributed by atoms with Gasteiger partial charge in [0.25, 0.3) is 5.91 Å². The molecule has 1 rings (SSSR count). The third-order valence-corrected chi connectivity index (χ3v) is 2.52. The molecule has 1 heterocycles. The van der Waals surface area contributed by atoms with Gasteiger partial charge in [0, 0.05) is 17.6 Å². The number of carbonyl (C=O) groups excluding carboxylic acids is 1. The van der Waals surface area contributed by atoms with Crippen LogP contribution in [0.2, 0.25) is 0 Å². The second-order valence-corrected chi connectivity index (χ2v) is 4.02. The van der Waals surface area contributed by atoms with E-state index >= 15 is 0 Å². The zero-order valence-electron chi connectivity index (χ0n) is 8.14. The lowest BCUT2D eigenvalue weighted by atomic mass is 10.3. The highest BCUT2D eigenvalue weighted by Gasteiger charge is 2.32. The molecule has 0 aliphatic carbocycles. The van der Waals surface area contributed by atoms with Crippen molar-refractivity contribution in [1.29, 1.82) is 0 Å². The van der Waals surface area contributed by atoms with Gasteiger partial charge in [-0.3, -0.25) is 4.79 Å². The van der Waals surface area contributed by atoms with Gasteiger partial charge in [-0.05, 0) is 34.5 Å². The fourth-order valence-corrected chi connectivity index (χ4v) is 1.05. The number of amides is 1. The van der Waals surface area contributed by atoms with Crippen LogP contribution in [0.15, 0.2) is 16.7 Å². The van der Waals surface area contributed by atoms with Gasteiger partial charge in [0.15, 0.2) is 0 Å². The Hall–Kier alpha value is -1.04. The number of hydrogen-bond donors (Lipinski definition) is 1. The van der Waals surface area contributed by atoms with Crippen LogP contribution in [0.4, 0.5) is 14.6 Å². The highest BCUT2D eigenvalue weighted by atomic mass is 79.9. The molecule has 1 amide bonds. The lowest BCUT2D eigenvalue weighted by Crippen LogP contribution is -2.31. The number of aromatic nitrogens is 1. The summed E-state index contributed by atoms with van der Waals surface area (Å²) >= 11 is 3.21. The minimum atomic E-state index is -3.40. The lowest BCUT2D eigenvalue weighted by Gasteiger charge is -2.10. The van der Waals surface area contributed by atoms with Gasteiger partial charge >= 0.3 is 5.92 Å². The maximum absolute atomic E-state index is 12.5. The van der Waals surface area contributed by atoms with Crippen LogP contribution in [0.3, 0.4) is 0 Å². The van der Waals surface area contributed by atoms with E-state index in [9.17, 15) is 13.6 Å². The van der Waals surface area contributed by atoms with E-state index in [1.807, 2.05) is 5.32 Å². The molecule has 0 unspecified atom stereocenters. The molecule has 0 aliphatic rings. The number of aryl methyl sites for hydroxylation is 1. The smallest absolute Gasteiger partial charge is 0.305 e. The Kier molecular flexibility index (Phi) is 3.38. The number of nitrogens with one attached hydrogen (secondary N) is 1. The number of pyridine rings is 1. The van der Waals surface area contributed by atoms with E-state index in [1.54, 1.807) is 6.92 Å². The first kappa shape index (κ1) is 12.0. The van der Waals surface area contributed by atoms with Crippen molar-refractivity contribution in [1.82, 2.24) is 4.98 Å². The molecule has 0 saturated heterocycles. The first-order valence-electron chi connectivity index (χ1n) is 4.12. The van der Waals surface area contributed by atoms with Crippen LogP contribution in [0.1, 0.15) is 12.5 Å². The average Bonchev–Trinajstić information content (AvgIpc) is 2.10. The molecule has 1 aromatic heterocycles. The number of alkyl halides is 2. The molecule has 0 aromatic carbocycles. The van der Waals surface area contributed by atoms with Crippen LogP contribution in [0.25, 0.3) is 0 Å². The zero-order valence-corrected chi connectivity index (χ0v) is 9.73. The Morgan fingerprint density at radius 3 is 2.67 bits per heavy atom. The summed E-state index contributed by atoms with van der Waals surface area (Å²) in [7, 11) is 0. The molecule has 3 nitrogen and oxygen atoms in total. The number of rotatable bonds is 2. The summed E-state index contributed by atoms with van der Waals surface area (Å²) in [6.45, 7) is 2.31. The Balaban J connectivity index is 2.83. The van der Waals surface area contributed by atoms with Gasteiger partial charge in [-0.1, -0.05) is 0 Å². The van der Waals surface area contributed by atoms with Crippen molar-refractivity contribution in [3.8, 4) is 0 Å². The Bertz CT molecular complexity index is 390. The Morgan fingerprint density at radius 2 is 2.20 bits per heavy atom. The summed E-state index contributed by atoms with van der Waals surface area (Å²) in [4.78, 5) is 14.7. The minimum Gasteiger partial charge on any atom is -0.305 e. The van der Waals surface area contributed by atoms with Crippen LogP contribution < -0.4 is 5.32 Å². The van der Waals surface area contributed by atoms with E-state index in [-0.39, 0.29) is 5.82 Å². The second-order valence-electron chi connectivity index (χ2n) is 3.16. The first-order chi connectivity index (χ1) is 6.80. The standard InChI is InChI=1S/C9H9BrF2N2O/c1-5-3-7(13-4-6(5)10)14-8(15)9(2,11)12/h3-4H,1-2H3,(H,13,14,15). The number of nitrogens with zero attached hydrogens (tertiary/aromatic N) is 1. The largest absolute Gasteiger partial charge is 0.322 e. The zero-order chi connectivity index (χ0) is 11.6. The average molecular weight is 279 g/mol. The molecule has 0 saturated carbocycles. The van der Waals surface area contributed by atoms with Gasteiger partial charge in [0.05, 0.1) is 0 Å². The molecule has 0 fully saturated rings. The molecule has 82 valence electrons. The van der Waals surface area contributed by atoms with Gasteiger partial charge < -0.3 is 5.32 Å². The second kappa shape index (κ2) is 4.22. The number of halogens is 3. The summed E-state index contributed by atoms with van der Waals surface area (Å²) in [5, 5.41) is 2.03. The van der Waals surface area contributed by atoms with E-state index in [0.717, 1.165) is 10.0 Å². The number of hydrogen-bond acceptors (Lipinski definition) is 2. The van der Waals surface area contributed by atoms with Crippen LogP contribution in [0.5, 0.6) is 0 Å². The van der Waals surface area contributed by atoms with Crippen LogP contribution >= 0.6 is 15.9 Å². The predicted octanol–water partition coefficient (Wildman–Crippen LogP) is 2.75. The fourth-order valence-electron chi connectivity index (χ4n) is 0.834. The number of carbonyl (C=O) groups is 1. The van der Waals surface area contributed by atoms with Crippen molar-refractivity contribution in [2.45, 2.75) is 19.8 Å². The Morgan fingerprint density at radius 1 is 1.60 bits per heavy atom. The molecule has 1 aromatic rings. The summed E-state index contributed by atoms with van der Waals surface area (Å²) in [6, 6.07) is 1.51. The first-order valence-corrected chi connectivity index (χ1v) is 4.91. The molecule has 0 radical (unpaired) electrons. The van der Waals surface area contributed by atoms with Crippen molar-refractivity contribution in [3.05, 3.63) is 22.3 Å². The minimum absolute atomic E-state index is 0.113. The van der Waals surface area contributed by atoms with Gasteiger partial charge in [0.2, 0.25) is 0 Å². The van der Waals surface area contributed by atoms with Crippen LogP contribution in [-0.4, -0.2) is 16.8 Å². The van der Waals surface area contributed by atoms with Gasteiger partial charge in [-0.15, -0.1) is 0 Å². The maximum atomic E-state index is 12.5. The molecule has 6 heteroatoms. The van der Waals surface area contributed by atoms with E-state index in [4.69, 9.17) is 0 Å². The van der Waals surface area contributed by atoms with Gasteiger partial charge in [-0.2, -0.15) is 8.78 Å². The predicted molar refractivity (Wildman–Crippen MR) is 55.9 cm³/mol. The van der Waals surface area contributed by atoms with Gasteiger partial charge in [0.1, 0.15) is 5.82 Å². The molecular formula is C9H9BrF2N2O. The normalized spacial score (nSPS) is 11.3. The Labute approximate surface area is 94.0 Å². The molecule has 0 atom stereocenters. The lowest BCUT2D eigenvalue weighted by molar-refractivity contribution is -0.137. The quantitative estimate of drug-likeness (QED) is 0.904. The van der Waals surface area contributed by atoms with Crippen molar-refractivity contribution < 1.29 is 13.6 Å². The van der Waals surface area contributed by atoms with Crippen molar-refractivity contribution in [2.75, 3.05) is 5.32 Å². The topological polar surface area (TPSA) is 42.0 Å². The highest BCUT2D eigenvalue weighted by molar-refractivity contribution is 9.10. The third-order valence-electron chi connectivity index (χ3n) is 1.69. The van der Waals surface area contributed by atoms with Crippen LogP contribution in [-0.2, 0) is 4.79 Å².